The Bertz CT molecular complexity index is 874. The zero-order valence-electron chi connectivity index (χ0n) is 15.5. The van der Waals surface area contributed by atoms with Gasteiger partial charge in [0, 0.05) is 12.2 Å². The number of carbonyl (C=O) groups excluding carboxylic acids is 1. The van der Waals surface area contributed by atoms with Gasteiger partial charge in [0.15, 0.2) is 5.96 Å². The molecule has 3 rings (SSSR count). The van der Waals surface area contributed by atoms with Gasteiger partial charge in [-0.3, -0.25) is 0 Å². The summed E-state index contributed by atoms with van der Waals surface area (Å²) < 4.78 is 24.1. The van der Waals surface area contributed by atoms with E-state index in [1.54, 1.807) is 24.5 Å². The van der Waals surface area contributed by atoms with Gasteiger partial charge in [0.1, 0.15) is 18.1 Å². The van der Waals surface area contributed by atoms with E-state index >= 15 is 0 Å². The second-order valence-corrected chi connectivity index (χ2v) is 6.09. The van der Waals surface area contributed by atoms with Crippen molar-refractivity contribution in [3.05, 3.63) is 71.1 Å². The molecule has 27 heavy (non-hydrogen) atoms. The first kappa shape index (κ1) is 18.7. The first-order chi connectivity index (χ1) is 13.0. The van der Waals surface area contributed by atoms with Crippen molar-refractivity contribution >= 4 is 11.9 Å². The van der Waals surface area contributed by atoms with Crippen LogP contribution in [0, 0.1) is 5.82 Å². The lowest BCUT2D eigenvalue weighted by atomic mass is 9.94. The molecule has 0 unspecified atom stereocenters. The van der Waals surface area contributed by atoms with Crippen molar-refractivity contribution in [1.29, 1.82) is 0 Å². The number of halogens is 1. The third kappa shape index (κ3) is 3.86. The predicted molar refractivity (Wildman–Crippen MR) is 99.2 cm³/mol. The van der Waals surface area contributed by atoms with E-state index in [-0.39, 0.29) is 5.82 Å². The van der Waals surface area contributed by atoms with Gasteiger partial charge in [0.05, 0.1) is 25.0 Å². The molecule has 0 fully saturated rings. The first-order valence-corrected chi connectivity index (χ1v) is 8.70. The van der Waals surface area contributed by atoms with Gasteiger partial charge < -0.3 is 19.4 Å². The molecule has 1 atom stereocenters. The summed E-state index contributed by atoms with van der Waals surface area (Å²) in [4.78, 5) is 19.0. The highest BCUT2D eigenvalue weighted by Gasteiger charge is 2.34. The molecule has 1 aromatic carbocycles. The number of allylic oxidation sites excluding steroid dienone is 1. The number of methoxy groups -OCH3 is 1. The van der Waals surface area contributed by atoms with Gasteiger partial charge in [0.25, 0.3) is 0 Å². The molecule has 0 saturated heterocycles. The van der Waals surface area contributed by atoms with E-state index < -0.39 is 12.0 Å². The van der Waals surface area contributed by atoms with Crippen LogP contribution in [-0.4, -0.2) is 30.5 Å². The van der Waals surface area contributed by atoms with E-state index in [4.69, 9.17) is 9.15 Å². The van der Waals surface area contributed by atoms with Crippen molar-refractivity contribution in [2.45, 2.75) is 26.4 Å². The van der Waals surface area contributed by atoms with Gasteiger partial charge >= 0.3 is 5.97 Å². The maximum absolute atomic E-state index is 13.8. The first-order valence-electron chi connectivity index (χ1n) is 8.70. The number of nitrogens with one attached hydrogen (secondary N) is 1. The number of hydrogen-bond acceptors (Lipinski definition) is 4. The molecule has 6 nitrogen and oxygen atoms in total. The Balaban J connectivity index is 2.05. The van der Waals surface area contributed by atoms with Crippen LogP contribution in [0.2, 0.25) is 0 Å². The number of rotatable bonds is 5. The highest BCUT2D eigenvalue weighted by atomic mass is 19.1. The molecular formula is C20H22FN3O3. The summed E-state index contributed by atoms with van der Waals surface area (Å²) in [7, 11) is 1.34. The Hall–Kier alpha value is -3.09. The van der Waals surface area contributed by atoms with Crippen molar-refractivity contribution in [2.75, 3.05) is 13.7 Å². The van der Waals surface area contributed by atoms with Crippen molar-refractivity contribution in [2.24, 2.45) is 4.99 Å². The molecule has 142 valence electrons. The van der Waals surface area contributed by atoms with Crippen LogP contribution in [0.15, 0.2) is 63.3 Å². The summed E-state index contributed by atoms with van der Waals surface area (Å²) in [5.74, 6) is 0.484. The number of carbonyl (C=O) groups is 1. The number of ether oxygens (including phenoxy) is 1. The van der Waals surface area contributed by atoms with E-state index in [1.807, 2.05) is 24.8 Å². The van der Waals surface area contributed by atoms with Crippen LogP contribution in [-0.2, 0) is 16.1 Å². The van der Waals surface area contributed by atoms with Crippen LogP contribution in [0.5, 0.6) is 0 Å². The fraction of sp³-hybridized carbons (Fsp3) is 0.300. The fourth-order valence-corrected chi connectivity index (χ4v) is 3.18. The molecule has 0 amide bonds. The van der Waals surface area contributed by atoms with Gasteiger partial charge in [-0.25, -0.2) is 14.2 Å². The standard InChI is InChI=1S/C20H22FN3O3/c1-4-24-13(2)17(19(25)26-3)18(14-7-5-8-15(21)11-14)23-20(24)22-12-16-9-6-10-27-16/h5-11,18H,4,12H2,1-3H3,(H,22,23)/t18-/m0/s1. The molecule has 1 N–H and O–H groups in total. The van der Waals surface area contributed by atoms with Gasteiger partial charge in [-0.05, 0) is 43.7 Å². The molecule has 2 aromatic rings. The van der Waals surface area contributed by atoms with Crippen molar-refractivity contribution in [1.82, 2.24) is 10.2 Å². The number of hydrogen-bond donors (Lipinski definition) is 1. The Morgan fingerprint density at radius 2 is 2.19 bits per heavy atom. The van der Waals surface area contributed by atoms with E-state index in [0.29, 0.717) is 30.2 Å². The second kappa shape index (κ2) is 8.07. The topological polar surface area (TPSA) is 67.1 Å². The van der Waals surface area contributed by atoms with Crippen LogP contribution < -0.4 is 5.32 Å². The molecule has 0 spiro atoms. The normalized spacial score (nSPS) is 18.6. The summed E-state index contributed by atoms with van der Waals surface area (Å²) in [6.07, 6.45) is 1.59. The molecule has 1 aliphatic heterocycles. The van der Waals surface area contributed by atoms with Crippen LogP contribution in [0.25, 0.3) is 0 Å². The van der Waals surface area contributed by atoms with Crippen molar-refractivity contribution in [3.63, 3.8) is 0 Å². The van der Waals surface area contributed by atoms with E-state index in [1.165, 1.54) is 19.2 Å². The average Bonchev–Trinajstić information content (AvgIpc) is 3.19. The van der Waals surface area contributed by atoms with Gasteiger partial charge in [-0.2, -0.15) is 0 Å². The average molecular weight is 371 g/mol. The summed E-state index contributed by atoms with van der Waals surface area (Å²) in [6, 6.07) is 9.23. The molecule has 2 heterocycles. The second-order valence-electron chi connectivity index (χ2n) is 6.09. The Morgan fingerprint density at radius 1 is 1.37 bits per heavy atom. The highest BCUT2D eigenvalue weighted by molar-refractivity contribution is 5.96. The van der Waals surface area contributed by atoms with Crippen molar-refractivity contribution in [3.8, 4) is 0 Å². The third-order valence-corrected chi connectivity index (χ3v) is 4.48. The maximum atomic E-state index is 13.8. The number of benzene rings is 1. The minimum Gasteiger partial charge on any atom is -0.467 e. The minimum absolute atomic E-state index is 0.350. The maximum Gasteiger partial charge on any atom is 0.337 e. The lowest BCUT2D eigenvalue weighted by Gasteiger charge is -2.37. The largest absolute Gasteiger partial charge is 0.467 e. The van der Waals surface area contributed by atoms with E-state index in [0.717, 1.165) is 11.5 Å². The number of guanidine groups is 1. The molecule has 1 aromatic heterocycles. The number of nitrogens with zero attached hydrogens (tertiary/aromatic N) is 2. The van der Waals surface area contributed by atoms with Gasteiger partial charge in [0.2, 0.25) is 0 Å². The molecule has 1 aliphatic rings. The lowest BCUT2D eigenvalue weighted by Crippen LogP contribution is -2.49. The Labute approximate surface area is 157 Å². The number of furan rings is 1. The monoisotopic (exact) mass is 371 g/mol. The molecular weight excluding hydrogens is 349 g/mol. The smallest absolute Gasteiger partial charge is 0.337 e. The molecule has 0 radical (unpaired) electrons. The Morgan fingerprint density at radius 3 is 2.81 bits per heavy atom. The van der Waals surface area contributed by atoms with Crippen LogP contribution in [0.1, 0.15) is 31.2 Å². The van der Waals surface area contributed by atoms with E-state index in [2.05, 4.69) is 10.3 Å². The van der Waals surface area contributed by atoms with Crippen LogP contribution in [0.4, 0.5) is 4.39 Å². The fourth-order valence-electron chi connectivity index (χ4n) is 3.18. The molecule has 0 saturated carbocycles. The number of aliphatic imine (C=N–C) groups is 1. The predicted octanol–water partition coefficient (Wildman–Crippen LogP) is 3.39. The SMILES string of the molecule is CCN1C(=NCc2ccco2)N[C@@H](c2cccc(F)c2)C(C(=O)OC)=C1C. The van der Waals surface area contributed by atoms with Crippen LogP contribution in [0.3, 0.4) is 0 Å². The van der Waals surface area contributed by atoms with E-state index in [9.17, 15) is 9.18 Å². The van der Waals surface area contributed by atoms with Crippen LogP contribution >= 0.6 is 0 Å². The molecule has 0 bridgehead atoms. The molecule has 0 aliphatic carbocycles. The molecule has 7 heteroatoms. The Kier molecular flexibility index (Phi) is 5.59. The highest BCUT2D eigenvalue weighted by Crippen LogP contribution is 2.31. The summed E-state index contributed by atoms with van der Waals surface area (Å²) in [5, 5.41) is 3.27. The summed E-state index contributed by atoms with van der Waals surface area (Å²) in [5.41, 5.74) is 1.77. The minimum atomic E-state index is -0.564. The quantitative estimate of drug-likeness (QED) is 0.816. The van der Waals surface area contributed by atoms with Crippen molar-refractivity contribution < 1.29 is 18.3 Å². The summed E-state index contributed by atoms with van der Waals surface area (Å²) >= 11 is 0. The summed E-state index contributed by atoms with van der Waals surface area (Å²) in [6.45, 7) is 4.75. The number of esters is 1. The zero-order valence-corrected chi connectivity index (χ0v) is 15.5. The third-order valence-electron chi connectivity index (χ3n) is 4.48. The zero-order chi connectivity index (χ0) is 19.4. The van der Waals surface area contributed by atoms with Gasteiger partial charge in [-0.1, -0.05) is 12.1 Å². The van der Waals surface area contributed by atoms with Gasteiger partial charge in [-0.15, -0.1) is 0 Å². The lowest BCUT2D eigenvalue weighted by molar-refractivity contribution is -0.136.